The van der Waals surface area contributed by atoms with Gasteiger partial charge in [-0.25, -0.2) is 4.79 Å². The van der Waals surface area contributed by atoms with Gasteiger partial charge in [-0.15, -0.1) is 0 Å². The van der Waals surface area contributed by atoms with E-state index in [1.807, 2.05) is 20.8 Å². The molecular formula is C9H17NO2. The highest BCUT2D eigenvalue weighted by Crippen LogP contribution is 2.07. The van der Waals surface area contributed by atoms with E-state index in [4.69, 9.17) is 5.11 Å². The minimum absolute atomic E-state index is 0.203. The Morgan fingerprint density at radius 1 is 1.25 bits per heavy atom. The third kappa shape index (κ3) is 4.01. The molecule has 0 saturated heterocycles. The van der Waals surface area contributed by atoms with Crippen LogP contribution in [-0.4, -0.2) is 16.6 Å². The number of carboxylic acid groups (broad SMARTS) is 1. The largest absolute Gasteiger partial charge is 0.477 e. The van der Waals surface area contributed by atoms with Crippen molar-refractivity contribution in [3.8, 4) is 0 Å². The molecule has 0 fully saturated rings. The highest BCUT2D eigenvalue weighted by Gasteiger charge is 2.16. The van der Waals surface area contributed by atoms with Crippen molar-refractivity contribution in [3.63, 3.8) is 0 Å². The molecule has 0 unspecified atom stereocenters. The first-order valence-corrected chi connectivity index (χ1v) is 3.93. The van der Waals surface area contributed by atoms with Crippen molar-refractivity contribution in [3.05, 3.63) is 11.3 Å². The average molecular weight is 171 g/mol. The molecule has 3 nitrogen and oxygen atoms in total. The molecule has 0 aliphatic rings. The highest BCUT2D eigenvalue weighted by molar-refractivity contribution is 5.86. The van der Waals surface area contributed by atoms with Crippen LogP contribution in [0.25, 0.3) is 0 Å². The van der Waals surface area contributed by atoms with E-state index >= 15 is 0 Å². The van der Waals surface area contributed by atoms with Crippen molar-refractivity contribution in [1.82, 2.24) is 5.32 Å². The number of carboxylic acids is 1. The van der Waals surface area contributed by atoms with Crippen LogP contribution in [0.2, 0.25) is 0 Å². The Hall–Kier alpha value is -0.990. The Morgan fingerprint density at radius 3 is 1.75 bits per heavy atom. The summed E-state index contributed by atoms with van der Waals surface area (Å²) in [6, 6.07) is 0. The van der Waals surface area contributed by atoms with Crippen molar-refractivity contribution >= 4 is 5.97 Å². The topological polar surface area (TPSA) is 49.3 Å². The van der Waals surface area contributed by atoms with Crippen molar-refractivity contribution in [2.75, 3.05) is 0 Å². The van der Waals surface area contributed by atoms with Gasteiger partial charge in [0.1, 0.15) is 5.70 Å². The first kappa shape index (κ1) is 11.0. The van der Waals surface area contributed by atoms with E-state index in [2.05, 4.69) is 5.32 Å². The molecule has 0 atom stereocenters. The predicted octanol–water partition coefficient (Wildman–Crippen LogP) is 1.75. The van der Waals surface area contributed by atoms with Crippen molar-refractivity contribution in [1.29, 1.82) is 0 Å². The van der Waals surface area contributed by atoms with Gasteiger partial charge in [0.05, 0.1) is 0 Å². The lowest BCUT2D eigenvalue weighted by molar-refractivity contribution is -0.133. The van der Waals surface area contributed by atoms with Gasteiger partial charge in [0.15, 0.2) is 0 Å². The van der Waals surface area contributed by atoms with Crippen LogP contribution < -0.4 is 5.32 Å². The van der Waals surface area contributed by atoms with Gasteiger partial charge in [-0.3, -0.25) is 0 Å². The van der Waals surface area contributed by atoms with Gasteiger partial charge in [-0.1, -0.05) is 0 Å². The van der Waals surface area contributed by atoms with E-state index in [1.54, 1.807) is 13.8 Å². The second kappa shape index (κ2) is 3.61. The molecular weight excluding hydrogens is 154 g/mol. The van der Waals surface area contributed by atoms with Crippen LogP contribution in [0, 0.1) is 0 Å². The maximum atomic E-state index is 10.7. The monoisotopic (exact) mass is 171 g/mol. The number of aliphatic carboxylic acids is 1. The standard InChI is InChI=1S/C9H17NO2/c1-6(2)7(8(11)12)10-9(3,4)5/h10H,1-5H3,(H,11,12). The maximum absolute atomic E-state index is 10.7. The first-order valence-electron chi connectivity index (χ1n) is 3.93. The van der Waals surface area contributed by atoms with Crippen LogP contribution in [0.1, 0.15) is 34.6 Å². The predicted molar refractivity (Wildman–Crippen MR) is 48.9 cm³/mol. The SMILES string of the molecule is CC(C)=C(NC(C)(C)C)C(=O)O. The number of hydrogen-bond acceptors (Lipinski definition) is 2. The number of hydrogen-bond donors (Lipinski definition) is 2. The number of rotatable bonds is 2. The second-order valence-corrected chi connectivity index (χ2v) is 4.06. The molecule has 70 valence electrons. The normalized spacial score (nSPS) is 10.8. The smallest absolute Gasteiger partial charge is 0.351 e. The zero-order valence-electron chi connectivity index (χ0n) is 8.36. The number of allylic oxidation sites excluding steroid dienone is 1. The molecule has 2 N–H and O–H groups in total. The molecule has 0 aromatic carbocycles. The van der Waals surface area contributed by atoms with Gasteiger partial charge in [0, 0.05) is 5.54 Å². The van der Waals surface area contributed by atoms with Crippen LogP contribution in [0.5, 0.6) is 0 Å². The van der Waals surface area contributed by atoms with Crippen molar-refractivity contribution < 1.29 is 9.90 Å². The van der Waals surface area contributed by atoms with Crippen LogP contribution >= 0.6 is 0 Å². The lowest BCUT2D eigenvalue weighted by Crippen LogP contribution is -2.38. The lowest BCUT2D eigenvalue weighted by Gasteiger charge is -2.23. The third-order valence-corrected chi connectivity index (χ3v) is 1.21. The number of nitrogens with one attached hydrogen (secondary N) is 1. The molecule has 0 aromatic rings. The summed E-state index contributed by atoms with van der Waals surface area (Å²) in [5, 5.41) is 11.7. The lowest BCUT2D eigenvalue weighted by atomic mass is 10.1. The molecule has 3 heteroatoms. The van der Waals surface area contributed by atoms with Gasteiger partial charge >= 0.3 is 5.97 Å². The van der Waals surface area contributed by atoms with Gasteiger partial charge < -0.3 is 10.4 Å². The third-order valence-electron chi connectivity index (χ3n) is 1.21. The summed E-state index contributed by atoms with van der Waals surface area (Å²) in [6.45, 7) is 9.35. The van der Waals surface area contributed by atoms with Crippen molar-refractivity contribution in [2.24, 2.45) is 0 Å². The Labute approximate surface area is 73.5 Å². The van der Waals surface area contributed by atoms with Gasteiger partial charge in [0.25, 0.3) is 0 Å². The highest BCUT2D eigenvalue weighted by atomic mass is 16.4. The Morgan fingerprint density at radius 2 is 1.67 bits per heavy atom. The van der Waals surface area contributed by atoms with Crippen LogP contribution in [0.15, 0.2) is 11.3 Å². The molecule has 0 bridgehead atoms. The van der Waals surface area contributed by atoms with E-state index in [0.29, 0.717) is 5.70 Å². The molecule has 0 saturated carbocycles. The second-order valence-electron chi connectivity index (χ2n) is 4.06. The molecule has 0 aliphatic heterocycles. The van der Waals surface area contributed by atoms with Crippen LogP contribution in [-0.2, 0) is 4.79 Å². The van der Waals surface area contributed by atoms with Gasteiger partial charge in [0.2, 0.25) is 0 Å². The Balaban J connectivity index is 4.60. The van der Waals surface area contributed by atoms with E-state index in [9.17, 15) is 4.79 Å². The fraction of sp³-hybridized carbons (Fsp3) is 0.667. The quantitative estimate of drug-likeness (QED) is 0.622. The maximum Gasteiger partial charge on any atom is 0.351 e. The summed E-state index contributed by atoms with van der Waals surface area (Å²) in [7, 11) is 0. The van der Waals surface area contributed by atoms with Crippen molar-refractivity contribution in [2.45, 2.75) is 40.2 Å². The number of carbonyl (C=O) groups is 1. The Bertz CT molecular complexity index is 207. The van der Waals surface area contributed by atoms with Gasteiger partial charge in [-0.05, 0) is 40.2 Å². The van der Waals surface area contributed by atoms with E-state index in [-0.39, 0.29) is 5.54 Å². The van der Waals surface area contributed by atoms with Crippen LogP contribution in [0.4, 0.5) is 0 Å². The molecule has 0 aromatic heterocycles. The fourth-order valence-corrected chi connectivity index (χ4v) is 0.767. The summed E-state index contributed by atoms with van der Waals surface area (Å²) in [5.74, 6) is -0.898. The minimum Gasteiger partial charge on any atom is -0.477 e. The molecule has 12 heavy (non-hydrogen) atoms. The summed E-state index contributed by atoms with van der Waals surface area (Å²) in [5.41, 5.74) is 0.880. The zero-order valence-corrected chi connectivity index (χ0v) is 8.36. The first-order chi connectivity index (χ1) is 5.24. The minimum atomic E-state index is -0.898. The Kier molecular flexibility index (Phi) is 3.31. The molecule has 0 aliphatic carbocycles. The molecule has 0 heterocycles. The van der Waals surface area contributed by atoms with E-state index in [1.165, 1.54) is 0 Å². The fourth-order valence-electron chi connectivity index (χ4n) is 0.767. The summed E-state index contributed by atoms with van der Waals surface area (Å²) < 4.78 is 0. The molecule has 0 amide bonds. The average Bonchev–Trinajstić information content (AvgIpc) is 1.79. The molecule has 0 spiro atoms. The zero-order chi connectivity index (χ0) is 9.94. The molecule has 0 rings (SSSR count). The summed E-state index contributed by atoms with van der Waals surface area (Å²) in [4.78, 5) is 10.7. The summed E-state index contributed by atoms with van der Waals surface area (Å²) >= 11 is 0. The van der Waals surface area contributed by atoms with Gasteiger partial charge in [-0.2, -0.15) is 0 Å². The van der Waals surface area contributed by atoms with E-state index in [0.717, 1.165) is 5.57 Å². The van der Waals surface area contributed by atoms with E-state index < -0.39 is 5.97 Å². The summed E-state index contributed by atoms with van der Waals surface area (Å²) in [6.07, 6.45) is 0. The molecule has 0 radical (unpaired) electrons. The van der Waals surface area contributed by atoms with Crippen LogP contribution in [0.3, 0.4) is 0 Å².